The summed E-state index contributed by atoms with van der Waals surface area (Å²) in [7, 11) is 1.56. The summed E-state index contributed by atoms with van der Waals surface area (Å²) < 4.78 is 17.5. The predicted octanol–water partition coefficient (Wildman–Crippen LogP) is 6.63. The molecule has 0 aliphatic heterocycles. The van der Waals surface area contributed by atoms with Gasteiger partial charge >= 0.3 is 0 Å². The molecule has 0 heterocycles. The van der Waals surface area contributed by atoms with Crippen LogP contribution in [0.1, 0.15) is 18.1 Å². The summed E-state index contributed by atoms with van der Waals surface area (Å²) in [6.07, 6.45) is 1.49. The minimum absolute atomic E-state index is 0.0613. The number of nitrogens with zero attached hydrogens (tertiary/aromatic N) is 1. The van der Waals surface area contributed by atoms with Gasteiger partial charge in [0.2, 0.25) is 0 Å². The first-order valence-electron chi connectivity index (χ1n) is 10.3. The van der Waals surface area contributed by atoms with Crippen LogP contribution >= 0.6 is 27.5 Å². The number of anilines is 1. The Bertz CT molecular complexity index is 1220. The lowest BCUT2D eigenvalue weighted by Crippen LogP contribution is -2.13. The monoisotopic (exact) mass is 540 g/mol. The fourth-order valence-electron chi connectivity index (χ4n) is 2.96. The van der Waals surface area contributed by atoms with E-state index >= 15 is 0 Å². The molecule has 34 heavy (non-hydrogen) atoms. The van der Waals surface area contributed by atoms with E-state index in [9.17, 15) is 10.1 Å². The summed E-state index contributed by atoms with van der Waals surface area (Å²) in [5.74, 6) is 1.17. The summed E-state index contributed by atoms with van der Waals surface area (Å²) in [6, 6.07) is 19.6. The van der Waals surface area contributed by atoms with Crippen LogP contribution in [-0.4, -0.2) is 19.6 Å². The molecule has 8 heteroatoms. The van der Waals surface area contributed by atoms with Crippen LogP contribution in [0.3, 0.4) is 0 Å². The summed E-state index contributed by atoms with van der Waals surface area (Å²) >= 11 is 9.44. The standard InChI is InChI=1S/C26H22BrClN2O4/c1-3-33-24-13-18(23(27)14-25(24)34-16-17-4-6-20(28)7-5-17)12-19(15-29)26(31)30-21-8-10-22(32-2)11-9-21/h4-14H,3,16H2,1-2H3,(H,30,31)/b19-12+. The number of hydrogen-bond donors (Lipinski definition) is 1. The summed E-state index contributed by atoms with van der Waals surface area (Å²) in [5, 5.41) is 13.0. The van der Waals surface area contributed by atoms with Gasteiger partial charge in [-0.05, 0) is 72.7 Å². The van der Waals surface area contributed by atoms with E-state index in [1.165, 1.54) is 6.08 Å². The van der Waals surface area contributed by atoms with E-state index in [-0.39, 0.29) is 5.57 Å². The number of methoxy groups -OCH3 is 1. The van der Waals surface area contributed by atoms with Crippen molar-refractivity contribution in [1.82, 2.24) is 0 Å². The minimum atomic E-state index is -0.527. The van der Waals surface area contributed by atoms with Crippen LogP contribution in [0, 0.1) is 11.3 Å². The van der Waals surface area contributed by atoms with Gasteiger partial charge in [-0.2, -0.15) is 5.26 Å². The summed E-state index contributed by atoms with van der Waals surface area (Å²) in [5.41, 5.74) is 2.04. The van der Waals surface area contributed by atoms with Gasteiger partial charge in [0.1, 0.15) is 24.0 Å². The van der Waals surface area contributed by atoms with E-state index in [0.29, 0.717) is 51.2 Å². The molecule has 0 aliphatic carbocycles. The number of rotatable bonds is 9. The zero-order chi connectivity index (χ0) is 24.5. The maximum atomic E-state index is 12.7. The Balaban J connectivity index is 1.82. The molecule has 0 aromatic heterocycles. The lowest BCUT2D eigenvalue weighted by Gasteiger charge is -2.14. The van der Waals surface area contributed by atoms with Crippen LogP contribution in [0.25, 0.3) is 6.08 Å². The molecule has 6 nitrogen and oxygen atoms in total. The highest BCUT2D eigenvalue weighted by Gasteiger charge is 2.14. The fraction of sp³-hybridized carbons (Fsp3) is 0.154. The second-order valence-corrected chi connectivity index (χ2v) is 8.31. The molecular formula is C26H22BrClN2O4. The van der Waals surface area contributed by atoms with Gasteiger partial charge in [0.05, 0.1) is 13.7 Å². The molecule has 0 radical (unpaired) electrons. The molecule has 0 aliphatic rings. The first-order chi connectivity index (χ1) is 16.4. The highest BCUT2D eigenvalue weighted by Crippen LogP contribution is 2.35. The number of ether oxygens (including phenoxy) is 3. The molecule has 1 N–H and O–H groups in total. The number of benzene rings is 3. The Morgan fingerprint density at radius 1 is 1.09 bits per heavy atom. The van der Waals surface area contributed by atoms with Crippen LogP contribution in [0.4, 0.5) is 5.69 Å². The molecule has 0 saturated carbocycles. The van der Waals surface area contributed by atoms with E-state index in [4.69, 9.17) is 25.8 Å². The van der Waals surface area contributed by atoms with Gasteiger partial charge < -0.3 is 19.5 Å². The molecule has 3 aromatic rings. The fourth-order valence-corrected chi connectivity index (χ4v) is 3.52. The normalized spacial score (nSPS) is 10.9. The summed E-state index contributed by atoms with van der Waals surface area (Å²) in [4.78, 5) is 12.7. The molecule has 0 fully saturated rings. The highest BCUT2D eigenvalue weighted by atomic mass is 79.9. The van der Waals surface area contributed by atoms with E-state index < -0.39 is 5.91 Å². The van der Waals surface area contributed by atoms with Crippen LogP contribution in [0.15, 0.2) is 70.7 Å². The molecule has 0 spiro atoms. The third kappa shape index (κ3) is 6.77. The highest BCUT2D eigenvalue weighted by molar-refractivity contribution is 9.10. The van der Waals surface area contributed by atoms with Crippen LogP contribution in [0.5, 0.6) is 17.2 Å². The van der Waals surface area contributed by atoms with Gasteiger partial charge in [-0.3, -0.25) is 4.79 Å². The number of hydrogen-bond acceptors (Lipinski definition) is 5. The number of halogens is 2. The number of nitriles is 1. The number of carbonyl (C=O) groups excluding carboxylic acids is 1. The molecule has 1 amide bonds. The topological polar surface area (TPSA) is 80.6 Å². The lowest BCUT2D eigenvalue weighted by molar-refractivity contribution is -0.112. The van der Waals surface area contributed by atoms with E-state index in [2.05, 4.69) is 21.2 Å². The van der Waals surface area contributed by atoms with E-state index in [1.807, 2.05) is 25.1 Å². The number of carbonyl (C=O) groups is 1. The lowest BCUT2D eigenvalue weighted by atomic mass is 10.1. The van der Waals surface area contributed by atoms with Crippen molar-refractivity contribution in [3.8, 4) is 23.3 Å². The van der Waals surface area contributed by atoms with E-state index in [0.717, 1.165) is 5.56 Å². The van der Waals surface area contributed by atoms with Crippen LogP contribution in [-0.2, 0) is 11.4 Å². The van der Waals surface area contributed by atoms with Gasteiger partial charge in [-0.25, -0.2) is 0 Å². The number of nitrogens with one attached hydrogen (secondary N) is 1. The van der Waals surface area contributed by atoms with E-state index in [1.54, 1.807) is 55.6 Å². The smallest absolute Gasteiger partial charge is 0.266 e. The maximum absolute atomic E-state index is 12.7. The van der Waals surface area contributed by atoms with Gasteiger partial charge in [0.25, 0.3) is 5.91 Å². The molecule has 0 atom stereocenters. The maximum Gasteiger partial charge on any atom is 0.266 e. The van der Waals surface area contributed by atoms with Crippen molar-refractivity contribution in [2.24, 2.45) is 0 Å². The Labute approximate surface area is 211 Å². The zero-order valence-corrected chi connectivity index (χ0v) is 20.9. The predicted molar refractivity (Wildman–Crippen MR) is 136 cm³/mol. The second kappa shape index (κ2) is 12.1. The van der Waals surface area contributed by atoms with Crippen molar-refractivity contribution in [3.05, 3.63) is 86.9 Å². The largest absolute Gasteiger partial charge is 0.497 e. The molecule has 0 saturated heterocycles. The van der Waals surface area contributed by atoms with Crippen molar-refractivity contribution < 1.29 is 19.0 Å². The Kier molecular flexibility index (Phi) is 8.97. The molecule has 174 valence electrons. The minimum Gasteiger partial charge on any atom is -0.497 e. The first kappa shape index (κ1) is 25.2. The van der Waals surface area contributed by atoms with Crippen molar-refractivity contribution >= 4 is 45.2 Å². The molecular weight excluding hydrogens is 520 g/mol. The van der Waals surface area contributed by atoms with Gasteiger partial charge in [-0.15, -0.1) is 0 Å². The molecule has 3 aromatic carbocycles. The van der Waals surface area contributed by atoms with Crippen LogP contribution < -0.4 is 19.5 Å². The summed E-state index contributed by atoms with van der Waals surface area (Å²) in [6.45, 7) is 2.61. The molecule has 0 bridgehead atoms. The van der Waals surface area contributed by atoms with Crippen LogP contribution in [0.2, 0.25) is 5.02 Å². The molecule has 3 rings (SSSR count). The number of amides is 1. The quantitative estimate of drug-likeness (QED) is 0.243. The third-order valence-corrected chi connectivity index (χ3v) is 5.62. The Morgan fingerprint density at radius 3 is 2.38 bits per heavy atom. The Morgan fingerprint density at radius 2 is 1.76 bits per heavy atom. The van der Waals surface area contributed by atoms with Gasteiger partial charge in [0, 0.05) is 15.2 Å². The van der Waals surface area contributed by atoms with Crippen molar-refractivity contribution in [2.75, 3.05) is 19.0 Å². The SMILES string of the molecule is CCOc1cc(/C=C(\C#N)C(=O)Nc2ccc(OC)cc2)c(Br)cc1OCc1ccc(Cl)cc1. The van der Waals surface area contributed by atoms with Crippen molar-refractivity contribution in [3.63, 3.8) is 0 Å². The average Bonchev–Trinajstić information content (AvgIpc) is 2.84. The van der Waals surface area contributed by atoms with Crippen molar-refractivity contribution in [2.45, 2.75) is 13.5 Å². The molecule has 0 unspecified atom stereocenters. The third-order valence-electron chi connectivity index (χ3n) is 4.68. The first-order valence-corrected chi connectivity index (χ1v) is 11.5. The van der Waals surface area contributed by atoms with Crippen molar-refractivity contribution in [1.29, 1.82) is 5.26 Å². The van der Waals surface area contributed by atoms with Gasteiger partial charge in [-0.1, -0.05) is 39.7 Å². The second-order valence-electron chi connectivity index (χ2n) is 7.02. The average molecular weight is 542 g/mol. The Hall–Kier alpha value is -3.47. The van der Waals surface area contributed by atoms with Gasteiger partial charge in [0.15, 0.2) is 11.5 Å². The zero-order valence-electron chi connectivity index (χ0n) is 18.6.